The predicted octanol–water partition coefficient (Wildman–Crippen LogP) is 6.38. The third kappa shape index (κ3) is 3.26. The van der Waals surface area contributed by atoms with Crippen LogP contribution in [0.2, 0.25) is 5.02 Å². The molecule has 5 aromatic rings. The van der Waals surface area contributed by atoms with Gasteiger partial charge in [0.25, 0.3) is 0 Å². The van der Waals surface area contributed by atoms with E-state index in [2.05, 4.69) is 20.3 Å². The molecule has 0 saturated carbocycles. The molecule has 2 heterocycles. The molecule has 0 saturated heterocycles. The molecule has 2 aromatic heterocycles. The van der Waals surface area contributed by atoms with E-state index in [0.29, 0.717) is 22.1 Å². The average molecular weight is 401 g/mol. The summed E-state index contributed by atoms with van der Waals surface area (Å²) in [6.07, 6.45) is 1.52. The molecule has 0 atom stereocenters. The first-order valence-electron chi connectivity index (χ1n) is 9.01. The van der Waals surface area contributed by atoms with Crippen molar-refractivity contribution in [1.82, 2.24) is 15.0 Å². The first-order valence-corrected chi connectivity index (χ1v) is 9.39. The summed E-state index contributed by atoms with van der Waals surface area (Å²) in [5.74, 6) is 0.292. The number of hydrogen-bond acceptors (Lipinski definition) is 4. The maximum Gasteiger partial charge on any atom is 0.141 e. The van der Waals surface area contributed by atoms with Gasteiger partial charge in [0.2, 0.25) is 0 Å². The molecule has 1 N–H and O–H groups in total. The Labute approximate surface area is 171 Å². The highest BCUT2D eigenvalue weighted by Crippen LogP contribution is 2.33. The lowest BCUT2D eigenvalue weighted by Crippen LogP contribution is -1.99. The number of benzene rings is 3. The lowest BCUT2D eigenvalue weighted by atomic mass is 10.1. The summed E-state index contributed by atoms with van der Waals surface area (Å²) in [4.78, 5) is 13.4. The largest absolute Gasteiger partial charge is 0.339 e. The minimum atomic E-state index is -0.379. The van der Waals surface area contributed by atoms with Crippen molar-refractivity contribution in [3.8, 4) is 11.3 Å². The van der Waals surface area contributed by atoms with Crippen molar-refractivity contribution in [2.45, 2.75) is 0 Å². The number of pyridine rings is 1. The second-order valence-electron chi connectivity index (χ2n) is 6.56. The molecule has 0 aliphatic rings. The zero-order valence-corrected chi connectivity index (χ0v) is 15.9. The van der Waals surface area contributed by atoms with Gasteiger partial charge in [0.1, 0.15) is 18.0 Å². The van der Waals surface area contributed by atoms with Crippen molar-refractivity contribution < 1.29 is 4.39 Å². The number of fused-ring (bicyclic) bond motifs is 2. The van der Waals surface area contributed by atoms with Crippen LogP contribution in [0.3, 0.4) is 0 Å². The fourth-order valence-electron chi connectivity index (χ4n) is 3.34. The molecule has 3 aromatic carbocycles. The van der Waals surface area contributed by atoms with Crippen molar-refractivity contribution in [1.29, 1.82) is 0 Å². The SMILES string of the molecule is Fc1ccc(Cl)cc1-c1cc(Nc2ncnc3ccccc23)c2ccccc2n1. The van der Waals surface area contributed by atoms with Gasteiger partial charge in [-0.1, -0.05) is 41.9 Å². The monoisotopic (exact) mass is 400 g/mol. The Morgan fingerprint density at radius 3 is 2.41 bits per heavy atom. The van der Waals surface area contributed by atoms with Crippen LogP contribution in [0.25, 0.3) is 33.1 Å². The number of para-hydroxylation sites is 2. The molecule has 0 amide bonds. The predicted molar refractivity (Wildman–Crippen MR) is 115 cm³/mol. The highest BCUT2D eigenvalue weighted by atomic mass is 35.5. The minimum absolute atomic E-state index is 0.346. The molecule has 4 nitrogen and oxygen atoms in total. The van der Waals surface area contributed by atoms with Crippen LogP contribution in [-0.2, 0) is 0 Å². The van der Waals surface area contributed by atoms with E-state index in [1.54, 1.807) is 6.07 Å². The number of rotatable bonds is 3. The van der Waals surface area contributed by atoms with Crippen LogP contribution in [0.15, 0.2) is 79.1 Å². The van der Waals surface area contributed by atoms with Crippen LogP contribution in [-0.4, -0.2) is 15.0 Å². The van der Waals surface area contributed by atoms with Crippen LogP contribution in [0.5, 0.6) is 0 Å². The average Bonchev–Trinajstić information content (AvgIpc) is 2.75. The number of nitrogens with one attached hydrogen (secondary N) is 1. The van der Waals surface area contributed by atoms with Crippen LogP contribution in [0.1, 0.15) is 0 Å². The van der Waals surface area contributed by atoms with E-state index >= 15 is 0 Å². The normalized spacial score (nSPS) is 11.1. The molecular weight excluding hydrogens is 387 g/mol. The van der Waals surface area contributed by atoms with Crippen molar-refractivity contribution >= 4 is 44.9 Å². The topological polar surface area (TPSA) is 50.7 Å². The van der Waals surface area contributed by atoms with Crippen molar-refractivity contribution in [3.05, 3.63) is 90.0 Å². The second-order valence-corrected chi connectivity index (χ2v) is 7.00. The summed E-state index contributed by atoms with van der Waals surface area (Å²) in [6.45, 7) is 0. The molecule has 5 rings (SSSR count). The van der Waals surface area contributed by atoms with Crippen LogP contribution in [0.4, 0.5) is 15.9 Å². The molecule has 0 bridgehead atoms. The van der Waals surface area contributed by atoms with Gasteiger partial charge < -0.3 is 5.32 Å². The summed E-state index contributed by atoms with van der Waals surface area (Å²) < 4.78 is 14.5. The summed E-state index contributed by atoms with van der Waals surface area (Å²) in [5.41, 5.74) is 3.19. The van der Waals surface area contributed by atoms with E-state index < -0.39 is 0 Å². The van der Waals surface area contributed by atoms with Gasteiger partial charge in [-0.15, -0.1) is 0 Å². The molecule has 0 spiro atoms. The number of hydrogen-bond donors (Lipinski definition) is 1. The smallest absolute Gasteiger partial charge is 0.141 e. The molecule has 140 valence electrons. The van der Waals surface area contributed by atoms with E-state index in [1.165, 1.54) is 18.5 Å². The maximum absolute atomic E-state index is 14.5. The lowest BCUT2D eigenvalue weighted by Gasteiger charge is -2.13. The van der Waals surface area contributed by atoms with Gasteiger partial charge in [0.05, 0.1) is 22.4 Å². The number of halogens is 2. The molecule has 0 radical (unpaired) electrons. The Kier molecular flexibility index (Phi) is 4.30. The third-order valence-corrected chi connectivity index (χ3v) is 4.95. The van der Waals surface area contributed by atoms with Gasteiger partial charge in [-0.3, -0.25) is 0 Å². The van der Waals surface area contributed by atoms with Crippen LogP contribution >= 0.6 is 11.6 Å². The van der Waals surface area contributed by atoms with Crippen molar-refractivity contribution in [2.24, 2.45) is 0 Å². The van der Waals surface area contributed by atoms with E-state index in [1.807, 2.05) is 54.6 Å². The molecular formula is C23H14ClFN4. The van der Waals surface area contributed by atoms with Gasteiger partial charge in [0, 0.05) is 21.4 Å². The molecule has 0 aliphatic carbocycles. The standard InChI is InChI=1S/C23H14ClFN4/c24-14-9-10-18(25)17(11-14)22-12-21(15-5-1-4-8-20(15)28-22)29-23-16-6-2-3-7-19(16)26-13-27-23/h1-13H,(H,26,27,28,29). The zero-order valence-electron chi connectivity index (χ0n) is 15.1. The van der Waals surface area contributed by atoms with Gasteiger partial charge in [-0.2, -0.15) is 0 Å². The second kappa shape index (κ2) is 7.11. The molecule has 29 heavy (non-hydrogen) atoms. The highest BCUT2D eigenvalue weighted by Gasteiger charge is 2.13. The van der Waals surface area contributed by atoms with Crippen LogP contribution in [0, 0.1) is 5.82 Å². The molecule has 0 unspecified atom stereocenters. The van der Waals surface area contributed by atoms with Gasteiger partial charge in [-0.25, -0.2) is 19.3 Å². The van der Waals surface area contributed by atoms with Gasteiger partial charge >= 0.3 is 0 Å². The zero-order chi connectivity index (χ0) is 19.8. The minimum Gasteiger partial charge on any atom is -0.339 e. The summed E-state index contributed by atoms with van der Waals surface area (Å²) in [7, 11) is 0. The van der Waals surface area contributed by atoms with E-state index in [-0.39, 0.29) is 5.82 Å². The van der Waals surface area contributed by atoms with Crippen molar-refractivity contribution in [2.75, 3.05) is 5.32 Å². The maximum atomic E-state index is 14.5. The fourth-order valence-corrected chi connectivity index (χ4v) is 3.51. The Bertz CT molecular complexity index is 1360. The Hall–Kier alpha value is -3.57. The number of nitrogens with zero attached hydrogens (tertiary/aromatic N) is 3. The molecule has 6 heteroatoms. The Balaban J connectivity index is 1.71. The Morgan fingerprint density at radius 1 is 0.793 bits per heavy atom. The fraction of sp³-hybridized carbons (Fsp3) is 0. The van der Waals surface area contributed by atoms with Gasteiger partial charge in [-0.05, 0) is 42.5 Å². The molecule has 0 aliphatic heterocycles. The van der Waals surface area contributed by atoms with Gasteiger partial charge in [0.15, 0.2) is 0 Å². The van der Waals surface area contributed by atoms with E-state index in [0.717, 1.165) is 27.5 Å². The molecule has 0 fully saturated rings. The highest BCUT2D eigenvalue weighted by molar-refractivity contribution is 6.30. The van der Waals surface area contributed by atoms with E-state index in [9.17, 15) is 4.39 Å². The first-order chi connectivity index (χ1) is 14.2. The summed E-state index contributed by atoms with van der Waals surface area (Å²) in [5, 5.41) is 5.64. The lowest BCUT2D eigenvalue weighted by molar-refractivity contribution is 0.631. The van der Waals surface area contributed by atoms with E-state index in [4.69, 9.17) is 11.6 Å². The number of anilines is 2. The first kappa shape index (κ1) is 17.5. The third-order valence-electron chi connectivity index (χ3n) is 4.72. The quantitative estimate of drug-likeness (QED) is 0.381. The van der Waals surface area contributed by atoms with Crippen LogP contribution < -0.4 is 5.32 Å². The number of aromatic nitrogens is 3. The summed E-state index contributed by atoms with van der Waals surface area (Å²) >= 11 is 6.09. The Morgan fingerprint density at radius 2 is 1.55 bits per heavy atom. The van der Waals surface area contributed by atoms with Crippen molar-refractivity contribution in [3.63, 3.8) is 0 Å². The summed E-state index contributed by atoms with van der Waals surface area (Å²) in [6, 6.07) is 21.7.